The molecule has 1 aromatic rings. The third kappa shape index (κ3) is 6.86. The minimum absolute atomic E-state index is 0. The number of benzene rings is 1. The fourth-order valence-electron chi connectivity index (χ4n) is 1.32. The SMILES string of the molecule is O=S(=O)(O)CCCCS(=O)(=O)c1ccccc1.[Na+]. The topological polar surface area (TPSA) is 88.5 Å². The smallest absolute Gasteiger partial charge is 0.286 e. The van der Waals surface area contributed by atoms with Crippen molar-refractivity contribution < 1.29 is 50.9 Å². The van der Waals surface area contributed by atoms with E-state index < -0.39 is 25.7 Å². The standard InChI is InChI=1S/C10H14O5S2.Na/c11-16(12,10-6-2-1-3-7-10)8-4-5-9-17(13,14)15;/h1-3,6-7H,4-5,8-9H2,(H,13,14,15);/q;+1. The van der Waals surface area contributed by atoms with Gasteiger partial charge in [-0.1, -0.05) is 18.2 Å². The normalized spacial score (nSPS) is 11.8. The number of hydrogen-bond acceptors (Lipinski definition) is 4. The molecule has 0 saturated heterocycles. The minimum atomic E-state index is -4.00. The summed E-state index contributed by atoms with van der Waals surface area (Å²) in [5.41, 5.74) is 0. The molecular formula is C10H14NaO5S2+. The molecule has 96 valence electrons. The van der Waals surface area contributed by atoms with Gasteiger partial charge in [0.1, 0.15) is 0 Å². The summed E-state index contributed by atoms with van der Waals surface area (Å²) in [6.07, 6.45) is 0.335. The third-order valence-electron chi connectivity index (χ3n) is 2.17. The molecular weight excluding hydrogens is 287 g/mol. The molecule has 1 aromatic carbocycles. The summed E-state index contributed by atoms with van der Waals surface area (Å²) < 4.78 is 52.8. The van der Waals surface area contributed by atoms with Crippen LogP contribution < -0.4 is 29.6 Å². The summed E-state index contributed by atoms with van der Waals surface area (Å²) in [7, 11) is -7.36. The Balaban J connectivity index is 0.00000289. The monoisotopic (exact) mass is 301 g/mol. The molecule has 0 heterocycles. The predicted octanol–water partition coefficient (Wildman–Crippen LogP) is -1.87. The van der Waals surface area contributed by atoms with Gasteiger partial charge in [-0.15, -0.1) is 0 Å². The maximum absolute atomic E-state index is 11.7. The van der Waals surface area contributed by atoms with Crippen molar-refractivity contribution in [1.29, 1.82) is 0 Å². The Morgan fingerprint density at radius 2 is 1.39 bits per heavy atom. The van der Waals surface area contributed by atoms with Crippen molar-refractivity contribution in [2.75, 3.05) is 11.5 Å². The maximum Gasteiger partial charge on any atom is 1.00 e. The second kappa shape index (κ2) is 7.62. The number of rotatable bonds is 6. The van der Waals surface area contributed by atoms with Crippen LogP contribution in [0.4, 0.5) is 0 Å². The molecule has 0 aliphatic heterocycles. The van der Waals surface area contributed by atoms with E-state index in [1.807, 2.05) is 0 Å². The Hall–Kier alpha value is 0.0800. The van der Waals surface area contributed by atoms with Crippen LogP contribution in [0.1, 0.15) is 12.8 Å². The molecule has 1 N–H and O–H groups in total. The predicted molar refractivity (Wildman–Crippen MR) is 64.1 cm³/mol. The van der Waals surface area contributed by atoms with Crippen molar-refractivity contribution in [2.24, 2.45) is 0 Å². The van der Waals surface area contributed by atoms with Gasteiger partial charge in [0.05, 0.1) is 16.4 Å². The molecule has 0 amide bonds. The molecule has 8 heteroatoms. The van der Waals surface area contributed by atoms with E-state index in [-0.39, 0.29) is 53.0 Å². The summed E-state index contributed by atoms with van der Waals surface area (Å²) >= 11 is 0. The van der Waals surface area contributed by atoms with E-state index >= 15 is 0 Å². The summed E-state index contributed by atoms with van der Waals surface area (Å²) in [6, 6.07) is 7.98. The molecule has 0 aliphatic carbocycles. The molecule has 5 nitrogen and oxygen atoms in total. The zero-order chi connectivity index (χ0) is 12.9. The first kappa shape index (κ1) is 18.1. The van der Waals surface area contributed by atoms with Gasteiger partial charge in [0.15, 0.2) is 9.84 Å². The van der Waals surface area contributed by atoms with Gasteiger partial charge >= 0.3 is 29.6 Å². The summed E-state index contributed by atoms with van der Waals surface area (Å²) in [4.78, 5) is 0.229. The molecule has 1 rings (SSSR count). The van der Waals surface area contributed by atoms with E-state index in [0.717, 1.165) is 0 Å². The van der Waals surface area contributed by atoms with E-state index in [2.05, 4.69) is 0 Å². The zero-order valence-corrected chi connectivity index (χ0v) is 13.7. The average molecular weight is 301 g/mol. The number of sulfone groups is 1. The first-order valence-corrected chi connectivity index (χ1v) is 8.30. The molecule has 0 spiro atoms. The summed E-state index contributed by atoms with van der Waals surface area (Å²) in [5, 5.41) is 0. The Morgan fingerprint density at radius 1 is 0.889 bits per heavy atom. The van der Waals surface area contributed by atoms with Crippen LogP contribution in [-0.4, -0.2) is 32.9 Å². The van der Waals surface area contributed by atoms with E-state index in [4.69, 9.17) is 4.55 Å². The van der Waals surface area contributed by atoms with Crippen molar-refractivity contribution in [3.8, 4) is 0 Å². The molecule has 0 radical (unpaired) electrons. The van der Waals surface area contributed by atoms with Gasteiger partial charge in [0, 0.05) is 0 Å². The van der Waals surface area contributed by atoms with E-state index in [1.54, 1.807) is 18.2 Å². The largest absolute Gasteiger partial charge is 1.00 e. The van der Waals surface area contributed by atoms with E-state index in [1.165, 1.54) is 12.1 Å². The Kier molecular flexibility index (Phi) is 7.65. The van der Waals surface area contributed by atoms with Crippen molar-refractivity contribution in [3.63, 3.8) is 0 Å². The molecule has 0 aromatic heterocycles. The minimum Gasteiger partial charge on any atom is -0.286 e. The van der Waals surface area contributed by atoms with Crippen LogP contribution in [0.5, 0.6) is 0 Å². The van der Waals surface area contributed by atoms with Gasteiger partial charge in [-0.2, -0.15) is 8.42 Å². The van der Waals surface area contributed by atoms with Crippen LogP contribution in [0.25, 0.3) is 0 Å². The molecule has 0 bridgehead atoms. The Morgan fingerprint density at radius 3 is 1.89 bits per heavy atom. The zero-order valence-electron chi connectivity index (χ0n) is 10.1. The van der Waals surface area contributed by atoms with Crippen LogP contribution in [0.15, 0.2) is 35.2 Å². The van der Waals surface area contributed by atoms with Crippen LogP contribution in [0, 0.1) is 0 Å². The van der Waals surface area contributed by atoms with E-state index in [0.29, 0.717) is 0 Å². The molecule has 0 saturated carbocycles. The summed E-state index contributed by atoms with van der Waals surface area (Å²) in [6.45, 7) is 0. The van der Waals surface area contributed by atoms with Gasteiger partial charge in [-0.05, 0) is 25.0 Å². The second-order valence-electron chi connectivity index (χ2n) is 3.63. The van der Waals surface area contributed by atoms with Crippen LogP contribution in [0.3, 0.4) is 0 Å². The maximum atomic E-state index is 11.7. The van der Waals surface area contributed by atoms with Gasteiger partial charge in [0.25, 0.3) is 10.1 Å². The Bertz CT molecular complexity index is 551. The van der Waals surface area contributed by atoms with Crippen LogP contribution in [0.2, 0.25) is 0 Å². The fourth-order valence-corrected chi connectivity index (χ4v) is 3.28. The van der Waals surface area contributed by atoms with Gasteiger partial charge in [-0.25, -0.2) is 8.42 Å². The second-order valence-corrected chi connectivity index (χ2v) is 7.31. The average Bonchev–Trinajstić information content (AvgIpc) is 2.25. The summed E-state index contributed by atoms with van der Waals surface area (Å²) in [5.74, 6) is -0.524. The van der Waals surface area contributed by atoms with Crippen LogP contribution in [-0.2, 0) is 20.0 Å². The van der Waals surface area contributed by atoms with Gasteiger partial charge in [0.2, 0.25) is 0 Å². The van der Waals surface area contributed by atoms with E-state index in [9.17, 15) is 16.8 Å². The fraction of sp³-hybridized carbons (Fsp3) is 0.400. The third-order valence-corrected chi connectivity index (χ3v) is 4.79. The van der Waals surface area contributed by atoms with Crippen molar-refractivity contribution >= 4 is 20.0 Å². The van der Waals surface area contributed by atoms with Gasteiger partial charge < -0.3 is 0 Å². The first-order chi connectivity index (χ1) is 7.81. The van der Waals surface area contributed by atoms with Crippen molar-refractivity contribution in [1.82, 2.24) is 0 Å². The van der Waals surface area contributed by atoms with Crippen molar-refractivity contribution in [3.05, 3.63) is 30.3 Å². The number of unbranched alkanes of at least 4 members (excludes halogenated alkanes) is 1. The molecule has 18 heavy (non-hydrogen) atoms. The molecule has 0 aliphatic rings. The van der Waals surface area contributed by atoms with Crippen molar-refractivity contribution in [2.45, 2.75) is 17.7 Å². The van der Waals surface area contributed by atoms with Crippen LogP contribution >= 0.6 is 0 Å². The van der Waals surface area contributed by atoms with Gasteiger partial charge in [-0.3, -0.25) is 4.55 Å². The first-order valence-electron chi connectivity index (χ1n) is 5.04. The quantitative estimate of drug-likeness (QED) is 0.378. The molecule has 0 atom stereocenters. The molecule has 0 unspecified atom stereocenters. The Labute approximate surface area is 130 Å². The number of hydrogen-bond donors (Lipinski definition) is 1. The molecule has 0 fully saturated rings.